The van der Waals surface area contributed by atoms with Gasteiger partial charge in [-0.05, 0) is 37.8 Å². The Morgan fingerprint density at radius 1 is 1.17 bits per heavy atom. The van der Waals surface area contributed by atoms with Crippen LogP contribution in [0.5, 0.6) is 0 Å². The van der Waals surface area contributed by atoms with Gasteiger partial charge in [-0.1, -0.05) is 24.3 Å². The molecule has 2 saturated heterocycles. The third kappa shape index (κ3) is 2.30. The van der Waals surface area contributed by atoms with Crippen LogP contribution in [0.4, 0.5) is 5.69 Å². The first-order valence-electron chi connectivity index (χ1n) is 7.05. The lowest BCUT2D eigenvalue weighted by molar-refractivity contribution is 0.351. The summed E-state index contributed by atoms with van der Waals surface area (Å²) in [7, 11) is 0. The van der Waals surface area contributed by atoms with E-state index in [1.54, 1.807) is 0 Å². The Morgan fingerprint density at radius 2 is 1.83 bits per heavy atom. The molecule has 96 valence electrons. The number of nitrogens with one attached hydrogen (secondary N) is 1. The zero-order valence-corrected chi connectivity index (χ0v) is 10.9. The molecule has 2 bridgehead atoms. The maximum Gasteiger partial charge on any atom is 0.0371 e. The summed E-state index contributed by atoms with van der Waals surface area (Å²) in [6.07, 6.45) is 7.30. The van der Waals surface area contributed by atoms with Crippen molar-refractivity contribution in [3.05, 3.63) is 43.0 Å². The van der Waals surface area contributed by atoms with Gasteiger partial charge in [-0.25, -0.2) is 0 Å². The van der Waals surface area contributed by atoms with Crippen molar-refractivity contribution in [2.75, 3.05) is 11.4 Å². The first kappa shape index (κ1) is 11.8. The molecule has 18 heavy (non-hydrogen) atoms. The van der Waals surface area contributed by atoms with Crippen LogP contribution in [0.3, 0.4) is 0 Å². The summed E-state index contributed by atoms with van der Waals surface area (Å²) in [5.41, 5.74) is 1.34. The smallest absolute Gasteiger partial charge is 0.0371 e. The van der Waals surface area contributed by atoms with E-state index < -0.39 is 0 Å². The Balaban J connectivity index is 1.79. The Kier molecular flexibility index (Phi) is 3.37. The van der Waals surface area contributed by atoms with Gasteiger partial charge in [0.15, 0.2) is 0 Å². The topological polar surface area (TPSA) is 15.3 Å². The summed E-state index contributed by atoms with van der Waals surface area (Å²) in [5, 5.41) is 3.72. The molecule has 0 aromatic heterocycles. The third-order valence-electron chi connectivity index (χ3n) is 4.30. The number of hydrogen-bond acceptors (Lipinski definition) is 2. The fourth-order valence-electron chi connectivity index (χ4n) is 3.51. The fraction of sp³-hybridized carbons (Fsp3) is 0.500. The van der Waals surface area contributed by atoms with Crippen molar-refractivity contribution in [1.82, 2.24) is 5.32 Å². The van der Waals surface area contributed by atoms with Crippen molar-refractivity contribution in [1.29, 1.82) is 0 Å². The van der Waals surface area contributed by atoms with Crippen LogP contribution in [-0.4, -0.2) is 24.7 Å². The Labute approximate surface area is 110 Å². The van der Waals surface area contributed by atoms with Crippen LogP contribution in [0.25, 0.3) is 0 Å². The first-order valence-corrected chi connectivity index (χ1v) is 7.05. The molecule has 2 heterocycles. The summed E-state index contributed by atoms with van der Waals surface area (Å²) in [5.74, 6) is 0. The second-order valence-corrected chi connectivity index (χ2v) is 5.54. The van der Waals surface area contributed by atoms with E-state index in [9.17, 15) is 0 Å². The first-order chi connectivity index (χ1) is 8.86. The van der Waals surface area contributed by atoms with Crippen molar-refractivity contribution in [2.24, 2.45) is 0 Å². The van der Waals surface area contributed by atoms with Gasteiger partial charge in [-0.3, -0.25) is 0 Å². The second kappa shape index (κ2) is 5.15. The van der Waals surface area contributed by atoms with E-state index in [2.05, 4.69) is 47.1 Å². The van der Waals surface area contributed by atoms with Crippen LogP contribution >= 0.6 is 0 Å². The maximum absolute atomic E-state index is 3.92. The predicted molar refractivity (Wildman–Crippen MR) is 77.0 cm³/mol. The monoisotopic (exact) mass is 242 g/mol. The number of piperidine rings is 1. The molecule has 0 amide bonds. The van der Waals surface area contributed by atoms with Crippen molar-refractivity contribution in [3.63, 3.8) is 0 Å². The van der Waals surface area contributed by atoms with Gasteiger partial charge in [0.05, 0.1) is 0 Å². The second-order valence-electron chi connectivity index (χ2n) is 5.54. The number of benzene rings is 1. The molecule has 2 nitrogen and oxygen atoms in total. The zero-order valence-electron chi connectivity index (χ0n) is 10.9. The highest BCUT2D eigenvalue weighted by atomic mass is 15.2. The van der Waals surface area contributed by atoms with E-state index in [4.69, 9.17) is 0 Å². The molecule has 0 radical (unpaired) electrons. The van der Waals surface area contributed by atoms with Gasteiger partial charge in [0.1, 0.15) is 0 Å². The highest BCUT2D eigenvalue weighted by Crippen LogP contribution is 2.32. The van der Waals surface area contributed by atoms with Crippen LogP contribution in [0.1, 0.15) is 25.7 Å². The molecule has 2 fully saturated rings. The van der Waals surface area contributed by atoms with Gasteiger partial charge in [-0.15, -0.1) is 6.58 Å². The normalized spacial score (nSPS) is 30.1. The molecule has 2 aliphatic heterocycles. The van der Waals surface area contributed by atoms with Gasteiger partial charge < -0.3 is 10.2 Å². The van der Waals surface area contributed by atoms with E-state index in [0.29, 0.717) is 6.04 Å². The van der Waals surface area contributed by atoms with E-state index in [1.165, 1.54) is 31.4 Å². The fourth-order valence-corrected chi connectivity index (χ4v) is 3.51. The molecular formula is C16H22N2. The van der Waals surface area contributed by atoms with Gasteiger partial charge in [-0.2, -0.15) is 0 Å². The SMILES string of the molecule is C=CCN(c1ccccc1)C1C[C@H]2CC[C@@H](C1)N2. The van der Waals surface area contributed by atoms with Crippen molar-refractivity contribution >= 4 is 5.69 Å². The molecule has 1 aromatic carbocycles. The average Bonchev–Trinajstić information content (AvgIpc) is 2.76. The molecular weight excluding hydrogens is 220 g/mol. The number of rotatable bonds is 4. The minimum Gasteiger partial charge on any atom is -0.365 e. The summed E-state index contributed by atoms with van der Waals surface area (Å²) in [4.78, 5) is 2.53. The quantitative estimate of drug-likeness (QED) is 0.817. The van der Waals surface area contributed by atoms with Crippen LogP contribution in [-0.2, 0) is 0 Å². The molecule has 3 rings (SSSR count). The van der Waals surface area contributed by atoms with E-state index in [1.807, 2.05) is 6.08 Å². The molecule has 1 unspecified atom stereocenters. The average molecular weight is 242 g/mol. The lowest BCUT2D eigenvalue weighted by atomic mass is 9.97. The van der Waals surface area contributed by atoms with Crippen LogP contribution in [0.15, 0.2) is 43.0 Å². The summed E-state index contributed by atoms with van der Waals surface area (Å²) < 4.78 is 0. The summed E-state index contributed by atoms with van der Waals surface area (Å²) >= 11 is 0. The Hall–Kier alpha value is -1.28. The van der Waals surface area contributed by atoms with Crippen LogP contribution in [0, 0.1) is 0 Å². The molecule has 3 atom stereocenters. The lowest BCUT2D eigenvalue weighted by Gasteiger charge is -2.38. The highest BCUT2D eigenvalue weighted by Gasteiger charge is 2.35. The van der Waals surface area contributed by atoms with Crippen molar-refractivity contribution in [3.8, 4) is 0 Å². The van der Waals surface area contributed by atoms with Gasteiger partial charge in [0.2, 0.25) is 0 Å². The standard InChI is InChI=1S/C16H22N2/c1-2-10-18(15-6-4-3-5-7-15)16-11-13-8-9-14(12-16)17-13/h2-7,13-14,16-17H,1,8-12H2/t13-,14+,16?. The predicted octanol–water partition coefficient (Wildman–Crippen LogP) is 2.96. The minimum absolute atomic E-state index is 0.671. The van der Waals surface area contributed by atoms with Crippen LogP contribution in [0.2, 0.25) is 0 Å². The maximum atomic E-state index is 3.92. The molecule has 0 spiro atoms. The Morgan fingerprint density at radius 3 is 2.44 bits per heavy atom. The van der Waals surface area contributed by atoms with E-state index >= 15 is 0 Å². The molecule has 1 aromatic rings. The number of para-hydroxylation sites is 1. The highest BCUT2D eigenvalue weighted by molar-refractivity contribution is 5.48. The Bertz CT molecular complexity index is 389. The molecule has 0 aliphatic carbocycles. The molecule has 1 N–H and O–H groups in total. The molecule has 2 aliphatic rings. The van der Waals surface area contributed by atoms with Gasteiger partial charge in [0.25, 0.3) is 0 Å². The largest absolute Gasteiger partial charge is 0.365 e. The van der Waals surface area contributed by atoms with E-state index in [0.717, 1.165) is 18.6 Å². The number of anilines is 1. The molecule has 0 saturated carbocycles. The van der Waals surface area contributed by atoms with E-state index in [-0.39, 0.29) is 0 Å². The summed E-state index contributed by atoms with van der Waals surface area (Å²) in [6, 6.07) is 12.9. The number of nitrogens with zero attached hydrogens (tertiary/aromatic N) is 1. The molecule has 2 heteroatoms. The third-order valence-corrected chi connectivity index (χ3v) is 4.30. The summed E-state index contributed by atoms with van der Waals surface area (Å²) in [6.45, 7) is 4.87. The van der Waals surface area contributed by atoms with Crippen molar-refractivity contribution in [2.45, 2.75) is 43.8 Å². The number of hydrogen-bond donors (Lipinski definition) is 1. The van der Waals surface area contributed by atoms with Crippen LogP contribution < -0.4 is 10.2 Å². The van der Waals surface area contributed by atoms with Crippen molar-refractivity contribution < 1.29 is 0 Å². The minimum atomic E-state index is 0.671. The zero-order chi connectivity index (χ0) is 12.4. The van der Waals surface area contributed by atoms with Gasteiger partial charge in [0, 0.05) is 30.4 Å². The number of fused-ring (bicyclic) bond motifs is 2. The van der Waals surface area contributed by atoms with Gasteiger partial charge >= 0.3 is 0 Å². The lowest BCUT2D eigenvalue weighted by Crippen LogP contribution is -2.48.